The first-order chi connectivity index (χ1) is 15.0. The molecule has 4 aromatic rings. The molecule has 0 atom stereocenters. The monoisotopic (exact) mass is 416 g/mol. The van der Waals surface area contributed by atoms with Gasteiger partial charge in [0.25, 0.3) is 0 Å². The quantitative estimate of drug-likeness (QED) is 0.465. The molecule has 0 radical (unpaired) electrons. The minimum atomic E-state index is 0.427. The number of aromatic nitrogens is 4. The maximum Gasteiger partial charge on any atom is 0.120 e. The highest BCUT2D eigenvalue weighted by Gasteiger charge is 2.13. The Hall–Kier alpha value is -3.45. The number of rotatable bonds is 8. The van der Waals surface area contributed by atoms with Gasteiger partial charge in [-0.25, -0.2) is 4.98 Å². The van der Waals surface area contributed by atoms with E-state index in [9.17, 15) is 0 Å². The standard InChI is InChI=1S/C24H28N6O/c1-17(2)25-10-11-30(19-6-5-7-21(12-19)31-4)20-8-9-22-23(13-20)28-24(15-26-22)18-14-27-29(3)16-18/h5-9,12-17,25H,10-11H2,1-4H3. The van der Waals surface area contributed by atoms with Gasteiger partial charge >= 0.3 is 0 Å². The maximum atomic E-state index is 5.45. The number of fused-ring (bicyclic) bond motifs is 1. The van der Waals surface area contributed by atoms with Gasteiger partial charge in [0, 0.05) is 55.4 Å². The van der Waals surface area contributed by atoms with Gasteiger partial charge in [0.05, 0.1) is 36.2 Å². The van der Waals surface area contributed by atoms with Crippen LogP contribution in [-0.2, 0) is 7.05 Å². The van der Waals surface area contributed by atoms with Crippen LogP contribution >= 0.6 is 0 Å². The van der Waals surface area contributed by atoms with Crippen LogP contribution in [0.15, 0.2) is 61.1 Å². The number of anilines is 2. The van der Waals surface area contributed by atoms with Crippen LogP contribution in [0.25, 0.3) is 22.3 Å². The third kappa shape index (κ3) is 4.83. The fraction of sp³-hybridized carbons (Fsp3) is 0.292. The molecule has 2 heterocycles. The topological polar surface area (TPSA) is 68.1 Å². The summed E-state index contributed by atoms with van der Waals surface area (Å²) in [6.07, 6.45) is 5.55. The predicted octanol–water partition coefficient (Wildman–Crippen LogP) is 4.18. The first-order valence-electron chi connectivity index (χ1n) is 10.4. The third-order valence-corrected chi connectivity index (χ3v) is 5.09. The Bertz CT molecular complexity index is 1170. The highest BCUT2D eigenvalue weighted by Crippen LogP contribution is 2.30. The average Bonchev–Trinajstić information content (AvgIpc) is 3.22. The fourth-order valence-electron chi connectivity index (χ4n) is 3.51. The summed E-state index contributed by atoms with van der Waals surface area (Å²) in [4.78, 5) is 11.7. The second-order valence-electron chi connectivity index (χ2n) is 7.79. The van der Waals surface area contributed by atoms with Gasteiger partial charge in [-0.3, -0.25) is 9.67 Å². The molecule has 160 valence electrons. The van der Waals surface area contributed by atoms with Crippen molar-refractivity contribution in [2.75, 3.05) is 25.1 Å². The molecule has 31 heavy (non-hydrogen) atoms. The van der Waals surface area contributed by atoms with E-state index in [1.807, 2.05) is 31.4 Å². The summed E-state index contributed by atoms with van der Waals surface area (Å²) in [5.74, 6) is 0.832. The number of hydrogen-bond acceptors (Lipinski definition) is 6. The van der Waals surface area contributed by atoms with E-state index < -0.39 is 0 Å². The first-order valence-corrected chi connectivity index (χ1v) is 10.4. The zero-order chi connectivity index (χ0) is 21.8. The van der Waals surface area contributed by atoms with Crippen molar-refractivity contribution in [2.24, 2.45) is 7.05 Å². The van der Waals surface area contributed by atoms with Gasteiger partial charge in [-0.2, -0.15) is 5.10 Å². The molecule has 0 amide bonds. The van der Waals surface area contributed by atoms with Crippen LogP contribution in [0.4, 0.5) is 11.4 Å². The van der Waals surface area contributed by atoms with Crippen LogP contribution in [0.3, 0.4) is 0 Å². The Balaban J connectivity index is 1.72. The molecular weight excluding hydrogens is 388 g/mol. The highest BCUT2D eigenvalue weighted by atomic mass is 16.5. The van der Waals surface area contributed by atoms with Gasteiger partial charge in [-0.15, -0.1) is 0 Å². The Morgan fingerprint density at radius 3 is 2.65 bits per heavy atom. The Kier molecular flexibility index (Phi) is 6.13. The Morgan fingerprint density at radius 1 is 1.06 bits per heavy atom. The summed E-state index contributed by atoms with van der Waals surface area (Å²) in [6.45, 7) is 5.98. The van der Waals surface area contributed by atoms with Crippen molar-refractivity contribution in [1.82, 2.24) is 25.1 Å². The summed E-state index contributed by atoms with van der Waals surface area (Å²) in [6, 6.07) is 14.8. The molecule has 0 saturated heterocycles. The maximum absolute atomic E-state index is 5.45. The fourth-order valence-corrected chi connectivity index (χ4v) is 3.51. The molecule has 2 aromatic carbocycles. The molecule has 7 heteroatoms. The van der Waals surface area contributed by atoms with Crippen molar-refractivity contribution in [3.05, 3.63) is 61.1 Å². The SMILES string of the molecule is COc1cccc(N(CCNC(C)C)c2ccc3ncc(-c4cnn(C)c4)nc3c2)c1. The molecule has 4 rings (SSSR count). The summed E-state index contributed by atoms with van der Waals surface area (Å²) in [7, 11) is 3.59. The minimum Gasteiger partial charge on any atom is -0.497 e. The molecule has 0 bridgehead atoms. The van der Waals surface area contributed by atoms with Gasteiger partial charge in [-0.05, 0) is 30.3 Å². The number of nitrogens with one attached hydrogen (secondary N) is 1. The van der Waals surface area contributed by atoms with Crippen LogP contribution in [0, 0.1) is 0 Å². The normalized spacial score (nSPS) is 11.3. The zero-order valence-electron chi connectivity index (χ0n) is 18.4. The van der Waals surface area contributed by atoms with Crippen molar-refractivity contribution < 1.29 is 4.74 Å². The van der Waals surface area contributed by atoms with Crippen molar-refractivity contribution in [2.45, 2.75) is 19.9 Å². The summed E-state index contributed by atoms with van der Waals surface area (Å²) in [5, 5.41) is 7.75. The Morgan fingerprint density at radius 2 is 1.90 bits per heavy atom. The van der Waals surface area contributed by atoms with E-state index in [-0.39, 0.29) is 0 Å². The van der Waals surface area contributed by atoms with Crippen molar-refractivity contribution in [1.29, 1.82) is 0 Å². The molecule has 0 saturated carbocycles. The van der Waals surface area contributed by atoms with Crippen LogP contribution in [0.1, 0.15) is 13.8 Å². The molecule has 1 N–H and O–H groups in total. The van der Waals surface area contributed by atoms with E-state index >= 15 is 0 Å². The number of benzene rings is 2. The van der Waals surface area contributed by atoms with Gasteiger partial charge in [0.1, 0.15) is 5.75 Å². The second kappa shape index (κ2) is 9.14. The van der Waals surface area contributed by atoms with Gasteiger partial charge in [0.2, 0.25) is 0 Å². The van der Waals surface area contributed by atoms with E-state index in [0.29, 0.717) is 6.04 Å². The third-order valence-electron chi connectivity index (χ3n) is 5.09. The molecule has 0 fully saturated rings. The van der Waals surface area contributed by atoms with Crippen molar-refractivity contribution in [3.8, 4) is 17.0 Å². The van der Waals surface area contributed by atoms with Gasteiger partial charge < -0.3 is 15.0 Å². The summed E-state index contributed by atoms with van der Waals surface area (Å²) < 4.78 is 7.22. The number of hydrogen-bond donors (Lipinski definition) is 1. The van der Waals surface area contributed by atoms with Crippen LogP contribution < -0.4 is 15.0 Å². The molecule has 0 unspecified atom stereocenters. The summed E-state index contributed by atoms with van der Waals surface area (Å²) in [5.41, 5.74) is 5.61. The first kappa shape index (κ1) is 20.8. The van der Waals surface area contributed by atoms with Crippen LogP contribution in [0.2, 0.25) is 0 Å². The molecular formula is C24H28N6O. The van der Waals surface area contributed by atoms with Crippen molar-refractivity contribution in [3.63, 3.8) is 0 Å². The second-order valence-corrected chi connectivity index (χ2v) is 7.79. The van der Waals surface area contributed by atoms with Gasteiger partial charge in [-0.1, -0.05) is 19.9 Å². The van der Waals surface area contributed by atoms with E-state index in [1.54, 1.807) is 24.2 Å². The lowest BCUT2D eigenvalue weighted by atomic mass is 10.2. The van der Waals surface area contributed by atoms with Crippen LogP contribution in [0.5, 0.6) is 5.75 Å². The largest absolute Gasteiger partial charge is 0.497 e. The van der Waals surface area contributed by atoms with E-state index in [0.717, 1.165) is 52.5 Å². The number of ether oxygens (including phenoxy) is 1. The highest BCUT2D eigenvalue weighted by molar-refractivity contribution is 5.82. The van der Waals surface area contributed by atoms with E-state index in [1.165, 1.54) is 0 Å². The zero-order valence-corrected chi connectivity index (χ0v) is 18.4. The number of aryl methyl sites for hydroxylation is 1. The molecule has 2 aromatic heterocycles. The number of nitrogens with zero attached hydrogens (tertiary/aromatic N) is 5. The van der Waals surface area contributed by atoms with E-state index in [4.69, 9.17) is 9.72 Å². The van der Waals surface area contributed by atoms with E-state index in [2.05, 4.69) is 58.4 Å². The minimum absolute atomic E-state index is 0.427. The van der Waals surface area contributed by atoms with Crippen LogP contribution in [-0.4, -0.2) is 46.0 Å². The molecule has 7 nitrogen and oxygen atoms in total. The molecule has 0 aliphatic carbocycles. The number of methoxy groups -OCH3 is 1. The Labute approximate surface area is 182 Å². The average molecular weight is 417 g/mol. The lowest BCUT2D eigenvalue weighted by Gasteiger charge is -2.26. The molecule has 0 aliphatic rings. The van der Waals surface area contributed by atoms with Crippen molar-refractivity contribution >= 4 is 22.4 Å². The lowest BCUT2D eigenvalue weighted by Crippen LogP contribution is -2.32. The smallest absolute Gasteiger partial charge is 0.120 e. The van der Waals surface area contributed by atoms with Gasteiger partial charge in [0.15, 0.2) is 0 Å². The summed E-state index contributed by atoms with van der Waals surface area (Å²) >= 11 is 0. The predicted molar refractivity (Wildman–Crippen MR) is 125 cm³/mol. The molecule has 0 spiro atoms. The molecule has 0 aliphatic heterocycles. The lowest BCUT2D eigenvalue weighted by molar-refractivity contribution is 0.415.